The van der Waals surface area contributed by atoms with Crippen LogP contribution in [0, 0.1) is 6.07 Å². The Balaban J connectivity index is 2.29. The van der Waals surface area contributed by atoms with Gasteiger partial charge in [0.15, 0.2) is 6.61 Å². The summed E-state index contributed by atoms with van der Waals surface area (Å²) < 4.78 is 5.28. The van der Waals surface area contributed by atoms with Crippen molar-refractivity contribution in [3.05, 3.63) is 30.3 Å². The first-order chi connectivity index (χ1) is 7.22. The Morgan fingerprint density at radius 2 is 2.20 bits per heavy atom. The fraction of sp³-hybridized carbons (Fsp3) is 0.417. The molecule has 1 aromatic rings. The third kappa shape index (κ3) is 4.49. The third-order valence-corrected chi connectivity index (χ3v) is 2.08. The molecule has 1 radical (unpaired) electrons. The molecule has 0 aliphatic carbocycles. The van der Waals surface area contributed by atoms with Crippen molar-refractivity contribution in [1.29, 1.82) is 0 Å². The van der Waals surface area contributed by atoms with Crippen LogP contribution < -0.4 is 10.1 Å². The number of hydrogen-bond donors (Lipinski definition) is 1. The van der Waals surface area contributed by atoms with E-state index in [0.29, 0.717) is 5.75 Å². The predicted octanol–water partition coefficient (Wildman–Crippen LogP) is 1.78. The van der Waals surface area contributed by atoms with Gasteiger partial charge in [0.2, 0.25) is 0 Å². The molecule has 1 atom stereocenters. The number of carbonyl (C=O) groups is 1. The van der Waals surface area contributed by atoms with Crippen LogP contribution in [0.5, 0.6) is 5.75 Å². The van der Waals surface area contributed by atoms with E-state index in [1.165, 1.54) is 0 Å². The highest BCUT2D eigenvalue weighted by Crippen LogP contribution is 2.07. The Hall–Kier alpha value is -1.51. The molecule has 1 rings (SSSR count). The van der Waals surface area contributed by atoms with Gasteiger partial charge in [-0.15, -0.1) is 0 Å². The van der Waals surface area contributed by atoms with Crippen LogP contribution in [0.2, 0.25) is 0 Å². The van der Waals surface area contributed by atoms with Gasteiger partial charge in [0, 0.05) is 6.04 Å². The average molecular weight is 206 g/mol. The zero-order valence-electron chi connectivity index (χ0n) is 9.12. The van der Waals surface area contributed by atoms with E-state index in [2.05, 4.69) is 11.4 Å². The molecule has 0 saturated heterocycles. The maximum absolute atomic E-state index is 11.3. The summed E-state index contributed by atoms with van der Waals surface area (Å²) >= 11 is 0. The number of rotatable bonds is 5. The van der Waals surface area contributed by atoms with Crippen molar-refractivity contribution in [2.24, 2.45) is 0 Å². The summed E-state index contributed by atoms with van der Waals surface area (Å²) in [5.74, 6) is 0.602. The number of benzene rings is 1. The van der Waals surface area contributed by atoms with Gasteiger partial charge in [0.05, 0.1) is 0 Å². The minimum absolute atomic E-state index is 0.0638. The zero-order chi connectivity index (χ0) is 11.1. The van der Waals surface area contributed by atoms with Gasteiger partial charge in [-0.1, -0.05) is 19.1 Å². The predicted molar refractivity (Wildman–Crippen MR) is 58.7 cm³/mol. The first kappa shape index (κ1) is 11.6. The lowest BCUT2D eigenvalue weighted by Crippen LogP contribution is -2.35. The number of ether oxygens (including phenoxy) is 1. The van der Waals surface area contributed by atoms with E-state index in [1.54, 1.807) is 24.3 Å². The van der Waals surface area contributed by atoms with Crippen LogP contribution in [0.4, 0.5) is 0 Å². The Bertz CT molecular complexity index is 298. The molecule has 0 heterocycles. The number of hydrogen-bond acceptors (Lipinski definition) is 2. The second kappa shape index (κ2) is 6.06. The molecule has 0 aromatic heterocycles. The standard InChI is InChI=1S/C12H16NO2/c1-3-10(2)13-12(14)9-15-11-7-5-4-6-8-11/h5-8,10H,3,9H2,1-2H3,(H,13,14). The van der Waals surface area contributed by atoms with E-state index in [1.807, 2.05) is 13.8 Å². The fourth-order valence-corrected chi connectivity index (χ4v) is 1.04. The quantitative estimate of drug-likeness (QED) is 0.797. The van der Waals surface area contributed by atoms with Crippen LogP contribution >= 0.6 is 0 Å². The van der Waals surface area contributed by atoms with E-state index in [9.17, 15) is 4.79 Å². The highest BCUT2D eigenvalue weighted by Gasteiger charge is 2.05. The molecule has 0 fully saturated rings. The van der Waals surface area contributed by atoms with E-state index < -0.39 is 0 Å². The molecule has 1 unspecified atom stereocenters. The van der Waals surface area contributed by atoms with Crippen molar-refractivity contribution in [3.63, 3.8) is 0 Å². The van der Waals surface area contributed by atoms with E-state index in [-0.39, 0.29) is 18.6 Å². The van der Waals surface area contributed by atoms with Gasteiger partial charge in [0.25, 0.3) is 5.91 Å². The summed E-state index contributed by atoms with van der Waals surface area (Å²) in [6, 6.07) is 10.1. The molecule has 0 aliphatic rings. The van der Waals surface area contributed by atoms with Crippen LogP contribution in [-0.2, 0) is 4.79 Å². The molecule has 1 N–H and O–H groups in total. The minimum Gasteiger partial charge on any atom is -0.484 e. The molecular formula is C12H16NO2. The number of amides is 1. The summed E-state index contributed by atoms with van der Waals surface area (Å²) in [5.41, 5.74) is 0. The largest absolute Gasteiger partial charge is 0.484 e. The smallest absolute Gasteiger partial charge is 0.258 e. The average Bonchev–Trinajstić information content (AvgIpc) is 2.27. The van der Waals surface area contributed by atoms with Crippen molar-refractivity contribution in [3.8, 4) is 5.75 Å². The van der Waals surface area contributed by atoms with Gasteiger partial charge in [-0.05, 0) is 31.5 Å². The van der Waals surface area contributed by atoms with Crippen molar-refractivity contribution < 1.29 is 9.53 Å². The third-order valence-electron chi connectivity index (χ3n) is 2.08. The second-order valence-electron chi connectivity index (χ2n) is 3.40. The molecule has 3 heteroatoms. The lowest BCUT2D eigenvalue weighted by molar-refractivity contribution is -0.123. The van der Waals surface area contributed by atoms with Crippen LogP contribution in [0.3, 0.4) is 0 Å². The molecule has 81 valence electrons. The fourth-order valence-electron chi connectivity index (χ4n) is 1.04. The molecule has 1 aromatic carbocycles. The highest BCUT2D eigenvalue weighted by molar-refractivity contribution is 5.77. The van der Waals surface area contributed by atoms with Crippen molar-refractivity contribution >= 4 is 5.91 Å². The lowest BCUT2D eigenvalue weighted by Gasteiger charge is -2.11. The normalized spacial score (nSPS) is 11.9. The van der Waals surface area contributed by atoms with Crippen molar-refractivity contribution in [2.75, 3.05) is 6.61 Å². The molecule has 1 amide bonds. The highest BCUT2D eigenvalue weighted by atomic mass is 16.5. The summed E-state index contributed by atoms with van der Waals surface area (Å²) in [7, 11) is 0. The zero-order valence-corrected chi connectivity index (χ0v) is 9.12. The Labute approximate surface area is 90.4 Å². The molecule has 0 saturated carbocycles. The van der Waals surface area contributed by atoms with Crippen molar-refractivity contribution in [1.82, 2.24) is 5.32 Å². The van der Waals surface area contributed by atoms with Crippen LogP contribution in [0.15, 0.2) is 24.3 Å². The van der Waals surface area contributed by atoms with Crippen LogP contribution in [0.25, 0.3) is 0 Å². The summed E-state index contributed by atoms with van der Waals surface area (Å²) in [4.78, 5) is 11.3. The Morgan fingerprint density at radius 1 is 1.53 bits per heavy atom. The number of nitrogens with one attached hydrogen (secondary N) is 1. The number of carbonyl (C=O) groups excluding carboxylic acids is 1. The summed E-state index contributed by atoms with van der Waals surface area (Å²) in [5, 5.41) is 2.83. The van der Waals surface area contributed by atoms with Gasteiger partial charge in [-0.25, -0.2) is 0 Å². The van der Waals surface area contributed by atoms with Gasteiger partial charge >= 0.3 is 0 Å². The van der Waals surface area contributed by atoms with Gasteiger partial charge in [-0.3, -0.25) is 4.79 Å². The lowest BCUT2D eigenvalue weighted by atomic mass is 10.2. The molecule has 15 heavy (non-hydrogen) atoms. The second-order valence-corrected chi connectivity index (χ2v) is 3.40. The molecule has 0 spiro atoms. The molecule has 3 nitrogen and oxygen atoms in total. The first-order valence-electron chi connectivity index (χ1n) is 5.10. The topological polar surface area (TPSA) is 38.3 Å². The Morgan fingerprint density at radius 3 is 2.80 bits per heavy atom. The Kier molecular flexibility index (Phi) is 4.68. The van der Waals surface area contributed by atoms with Gasteiger partial charge < -0.3 is 10.1 Å². The van der Waals surface area contributed by atoms with E-state index in [4.69, 9.17) is 4.74 Å². The SMILES string of the molecule is CCC(C)NC(=O)COc1cc[c]cc1. The first-order valence-corrected chi connectivity index (χ1v) is 5.10. The van der Waals surface area contributed by atoms with Crippen LogP contribution in [0.1, 0.15) is 20.3 Å². The van der Waals surface area contributed by atoms with Gasteiger partial charge in [-0.2, -0.15) is 0 Å². The van der Waals surface area contributed by atoms with E-state index in [0.717, 1.165) is 6.42 Å². The molecule has 0 bridgehead atoms. The maximum Gasteiger partial charge on any atom is 0.258 e. The van der Waals surface area contributed by atoms with E-state index >= 15 is 0 Å². The monoisotopic (exact) mass is 206 g/mol. The maximum atomic E-state index is 11.3. The minimum atomic E-state index is -0.0859. The van der Waals surface area contributed by atoms with Gasteiger partial charge in [0.1, 0.15) is 5.75 Å². The molecular weight excluding hydrogens is 190 g/mol. The molecule has 0 aliphatic heterocycles. The van der Waals surface area contributed by atoms with Crippen molar-refractivity contribution in [2.45, 2.75) is 26.3 Å². The summed E-state index contributed by atoms with van der Waals surface area (Å²) in [6.07, 6.45) is 0.923. The van der Waals surface area contributed by atoms with Crippen LogP contribution in [-0.4, -0.2) is 18.6 Å². The summed E-state index contributed by atoms with van der Waals surface area (Å²) in [6.45, 7) is 4.06.